The van der Waals surface area contributed by atoms with E-state index < -0.39 is 13.7 Å². The SMILES string of the molecule is Cc1c[n+](C)c(-c2ccccc2C)cc1-c1ccc2c(c1)CCC1(CCCCC1)C2.[2H]C([2H])([2H])c1c[n+](C)c(-c2ccccc2C)cc1-c1ccc2c(c1)CC1(CCCC1)C2.[2H]C([2H])([2H])c1c[n+](C)c(-c2ccccc2C)cc1-c1ccc2c(c1)CC1(CCCCC1)C2. The van der Waals surface area contributed by atoms with E-state index >= 15 is 0 Å². The molecule has 6 aromatic carbocycles. The highest BCUT2D eigenvalue weighted by Gasteiger charge is 2.41. The number of nitrogens with zero attached hydrogens (tertiary/aromatic N) is 3. The van der Waals surface area contributed by atoms with E-state index in [0.29, 0.717) is 27.4 Å². The lowest BCUT2D eigenvalue weighted by atomic mass is 9.64. The average Bonchev–Trinajstić information content (AvgIpc) is 1.77. The first-order valence-corrected chi connectivity index (χ1v) is 33.2. The predicted octanol–water partition coefficient (Wildman–Crippen LogP) is 19.5. The van der Waals surface area contributed by atoms with E-state index in [1.165, 1.54) is 189 Å². The first-order chi connectivity index (χ1) is 44.6. The van der Waals surface area contributed by atoms with Crippen LogP contribution in [0.5, 0.6) is 0 Å². The van der Waals surface area contributed by atoms with Gasteiger partial charge in [-0.1, -0.05) is 161 Å². The molecule has 3 nitrogen and oxygen atoms in total. The van der Waals surface area contributed by atoms with E-state index in [2.05, 4.69) is 167 Å². The van der Waals surface area contributed by atoms with Crippen molar-refractivity contribution in [2.75, 3.05) is 0 Å². The van der Waals surface area contributed by atoms with Gasteiger partial charge in [0.15, 0.2) is 18.6 Å². The van der Waals surface area contributed by atoms with E-state index in [9.17, 15) is 0 Å². The van der Waals surface area contributed by atoms with Crippen molar-refractivity contribution in [2.24, 2.45) is 37.4 Å². The summed E-state index contributed by atoms with van der Waals surface area (Å²) in [6, 6.07) is 52.5. The summed E-state index contributed by atoms with van der Waals surface area (Å²) in [5, 5.41) is 0. The van der Waals surface area contributed by atoms with Gasteiger partial charge in [-0.05, 0) is 243 Å². The van der Waals surface area contributed by atoms with E-state index in [1.54, 1.807) is 23.5 Å². The normalized spacial score (nSPS) is 18.8. The summed E-state index contributed by atoms with van der Waals surface area (Å²) in [7, 11) is 6.04. The fourth-order valence-electron chi connectivity index (χ4n) is 17.2. The van der Waals surface area contributed by atoms with Crippen molar-refractivity contribution in [3.05, 3.63) is 231 Å². The number of aryl methyl sites for hydroxylation is 10. The largest absolute Gasteiger partial charge is 0.213 e. The maximum Gasteiger partial charge on any atom is 0.213 e. The quantitative estimate of drug-likeness (QED) is 0.147. The van der Waals surface area contributed by atoms with Gasteiger partial charge in [-0.3, -0.25) is 0 Å². The van der Waals surface area contributed by atoms with Crippen molar-refractivity contribution in [3.63, 3.8) is 0 Å². The minimum atomic E-state index is -2.17. The van der Waals surface area contributed by atoms with Crippen molar-refractivity contribution in [3.8, 4) is 67.2 Å². The number of hydrogen-bond acceptors (Lipinski definition) is 0. The van der Waals surface area contributed by atoms with Gasteiger partial charge >= 0.3 is 0 Å². The maximum atomic E-state index is 8.21. The fourth-order valence-corrected chi connectivity index (χ4v) is 17.2. The number of aromatic nitrogens is 3. The summed E-state index contributed by atoms with van der Waals surface area (Å²) in [5.74, 6) is 0. The topological polar surface area (TPSA) is 11.6 Å². The van der Waals surface area contributed by atoms with Crippen LogP contribution in [0.1, 0.15) is 171 Å². The van der Waals surface area contributed by atoms with Crippen LogP contribution in [-0.4, -0.2) is 0 Å². The molecule has 0 atom stereocenters. The third kappa shape index (κ3) is 12.0. The minimum absolute atomic E-state index is 0.417. The molecule has 3 heterocycles. The molecule has 0 N–H and O–H groups in total. The van der Waals surface area contributed by atoms with Crippen LogP contribution in [0.25, 0.3) is 67.2 Å². The van der Waals surface area contributed by atoms with Crippen molar-refractivity contribution in [1.29, 1.82) is 0 Å². The lowest BCUT2D eigenvalue weighted by Gasteiger charge is -2.41. The summed E-state index contributed by atoms with van der Waals surface area (Å²) in [4.78, 5) is 0. The Kier molecular flexibility index (Phi) is 14.5. The third-order valence-electron chi connectivity index (χ3n) is 22.1. The molecule has 3 heteroatoms. The van der Waals surface area contributed by atoms with Crippen molar-refractivity contribution >= 4 is 0 Å². The second-order valence-corrected chi connectivity index (χ2v) is 28.2. The molecule has 87 heavy (non-hydrogen) atoms. The smallest absolute Gasteiger partial charge is 0.201 e. The van der Waals surface area contributed by atoms with Gasteiger partial charge in [-0.25, -0.2) is 13.7 Å². The fraction of sp³-hybridized carbons (Fsp3) is 0.393. The van der Waals surface area contributed by atoms with Crippen LogP contribution in [0.4, 0.5) is 0 Å². The zero-order valence-corrected chi connectivity index (χ0v) is 53.3. The number of hydrogen-bond donors (Lipinski definition) is 0. The standard InChI is InChI=1S/C29H34N.C28H32N.C27H30N/c1-21-9-5-6-10-26(21)28-18-27(22(2)20-30(28)3)24-11-12-25-19-29(14-7-4-8-15-29)16-13-23(25)17-24;1-20-9-5-6-10-25(20)27-16-26(21(2)19-29(27)3)22-11-12-23-17-28(18-24(23)15-22)13-7-4-8-14-28;1-19-8-4-5-9-24(19)26-15-25(20(2)18-28(26)3)21-10-11-22-16-27(12-6-7-13-27)17-23(22)14-21/h5-6,9-12,17-18,20H,4,7-8,13-16,19H2,1-3H3;5-6,9-12,15-16,19H,4,7-8,13-14,17-18H2,1-3H3;4-5,8-11,14-15,18H,6-7,12-13,16-17H2,1-3H3/q3*+1/i;2*2D3. The molecule has 3 fully saturated rings. The van der Waals surface area contributed by atoms with E-state index in [0.717, 1.165) is 57.6 Å². The van der Waals surface area contributed by atoms with Gasteiger partial charge in [0.1, 0.15) is 21.1 Å². The Bertz CT molecular complexity index is 4280. The Morgan fingerprint density at radius 2 is 0.621 bits per heavy atom. The molecule has 0 radical (unpaired) electrons. The Morgan fingerprint density at radius 1 is 0.299 bits per heavy atom. The third-order valence-corrected chi connectivity index (χ3v) is 22.1. The number of fused-ring (bicyclic) bond motifs is 3. The van der Waals surface area contributed by atoms with Crippen LogP contribution in [0.3, 0.4) is 0 Å². The Morgan fingerprint density at radius 3 is 1.02 bits per heavy atom. The second-order valence-electron chi connectivity index (χ2n) is 28.2. The van der Waals surface area contributed by atoms with Crippen LogP contribution >= 0.6 is 0 Å². The number of pyridine rings is 3. The zero-order chi connectivity index (χ0) is 65.0. The minimum Gasteiger partial charge on any atom is -0.201 e. The van der Waals surface area contributed by atoms with Crippen molar-refractivity contribution in [2.45, 2.75) is 176 Å². The molecule has 0 saturated heterocycles. The van der Waals surface area contributed by atoms with Gasteiger partial charge < -0.3 is 0 Å². The van der Waals surface area contributed by atoms with Crippen LogP contribution in [0.2, 0.25) is 0 Å². The Balaban J connectivity index is 0.000000127. The van der Waals surface area contributed by atoms with Crippen LogP contribution in [-0.2, 0) is 59.7 Å². The van der Waals surface area contributed by atoms with Gasteiger partial charge in [0.2, 0.25) is 17.1 Å². The molecular formula is C84H96N3+3. The van der Waals surface area contributed by atoms with Crippen LogP contribution in [0.15, 0.2) is 164 Å². The second kappa shape index (κ2) is 24.4. The highest BCUT2D eigenvalue weighted by Crippen LogP contribution is 2.51. The van der Waals surface area contributed by atoms with E-state index in [1.807, 2.05) is 47.5 Å². The van der Waals surface area contributed by atoms with Gasteiger partial charge in [0.05, 0.1) is 0 Å². The molecule has 15 rings (SSSR count). The van der Waals surface area contributed by atoms with Gasteiger partial charge in [0.25, 0.3) is 0 Å². The zero-order valence-electron chi connectivity index (χ0n) is 59.3. The Hall–Kier alpha value is -7.23. The number of rotatable bonds is 6. The lowest BCUT2D eigenvalue weighted by Crippen LogP contribution is -2.31. The molecule has 0 bridgehead atoms. The first-order valence-electron chi connectivity index (χ1n) is 36.2. The molecule has 3 saturated carbocycles. The molecular weight excluding hydrogens is 1050 g/mol. The molecule has 3 aromatic heterocycles. The summed E-state index contributed by atoms with van der Waals surface area (Å²) < 4.78 is 55.3. The molecule has 9 aromatic rings. The van der Waals surface area contributed by atoms with Crippen LogP contribution < -0.4 is 13.7 Å². The van der Waals surface area contributed by atoms with Gasteiger partial charge in [-0.2, -0.15) is 0 Å². The molecule has 0 aliphatic heterocycles. The maximum absolute atomic E-state index is 8.21. The van der Waals surface area contributed by atoms with Gasteiger partial charge in [0, 0.05) is 59.8 Å². The van der Waals surface area contributed by atoms with E-state index in [-0.39, 0.29) is 0 Å². The average molecular weight is 1150 g/mol. The first kappa shape index (κ1) is 51.8. The van der Waals surface area contributed by atoms with E-state index in [4.69, 9.17) is 8.22 Å². The summed E-state index contributed by atoms with van der Waals surface area (Å²) >= 11 is 0. The highest BCUT2D eigenvalue weighted by atomic mass is 14.9. The Labute approximate surface area is 531 Å². The molecule has 444 valence electrons. The van der Waals surface area contributed by atoms with Gasteiger partial charge in [-0.15, -0.1) is 0 Å². The number of benzene rings is 6. The van der Waals surface area contributed by atoms with Crippen molar-refractivity contribution in [1.82, 2.24) is 0 Å². The molecule has 6 aliphatic rings. The highest BCUT2D eigenvalue weighted by molar-refractivity contribution is 5.76. The predicted molar refractivity (Wildman–Crippen MR) is 363 cm³/mol. The summed E-state index contributed by atoms with van der Waals surface area (Å²) in [5.41, 5.74) is 29.8. The lowest BCUT2D eigenvalue weighted by molar-refractivity contribution is -0.660. The molecule has 0 amide bonds. The summed E-state index contributed by atoms with van der Waals surface area (Å²) in [6.07, 6.45) is 33.8. The molecule has 0 unspecified atom stereocenters. The summed E-state index contributed by atoms with van der Waals surface area (Å²) in [6.45, 7) is 4.32. The van der Waals surface area contributed by atoms with Crippen LogP contribution in [0, 0.1) is 57.6 Å². The molecule has 3 spiro atoms. The monoisotopic (exact) mass is 1150 g/mol. The van der Waals surface area contributed by atoms with Crippen molar-refractivity contribution < 1.29 is 21.9 Å². The molecule has 6 aliphatic carbocycles.